The summed E-state index contributed by atoms with van der Waals surface area (Å²) in [5, 5.41) is 18.9. The zero-order valence-electron chi connectivity index (χ0n) is 12.5. The van der Waals surface area contributed by atoms with Crippen molar-refractivity contribution in [1.82, 2.24) is 15.0 Å². The molecule has 7 heteroatoms. The lowest BCUT2D eigenvalue weighted by Crippen LogP contribution is -2.14. The molecule has 0 aliphatic heterocycles. The summed E-state index contributed by atoms with van der Waals surface area (Å²) in [6, 6.07) is 7.29. The number of benzene rings is 1. The van der Waals surface area contributed by atoms with E-state index in [-0.39, 0.29) is 11.4 Å². The first-order valence-electron chi connectivity index (χ1n) is 6.86. The fourth-order valence-corrected chi connectivity index (χ4v) is 2.36. The molecule has 0 spiro atoms. The number of aromatic amines is 2. The van der Waals surface area contributed by atoms with Crippen molar-refractivity contribution in [1.29, 1.82) is 5.26 Å². The monoisotopic (exact) mass is 307 g/mol. The molecule has 114 valence electrons. The van der Waals surface area contributed by atoms with Crippen molar-refractivity contribution in [3.8, 4) is 11.9 Å². The van der Waals surface area contributed by atoms with E-state index in [9.17, 15) is 9.90 Å². The molecule has 3 N–H and O–H groups in total. The molecule has 7 nitrogen and oxygen atoms in total. The third-order valence-corrected chi connectivity index (χ3v) is 3.53. The number of nitrogens with zero attached hydrogens (tertiary/aromatic N) is 3. The quantitative estimate of drug-likeness (QED) is 0.629. The van der Waals surface area contributed by atoms with Gasteiger partial charge in [-0.3, -0.25) is 14.8 Å². The van der Waals surface area contributed by atoms with Crippen molar-refractivity contribution in [2.24, 2.45) is 4.99 Å². The molecule has 2 aromatic heterocycles. The first-order chi connectivity index (χ1) is 11.0. The molecule has 0 atom stereocenters. The van der Waals surface area contributed by atoms with Crippen molar-refractivity contribution in [3.05, 3.63) is 51.1 Å². The summed E-state index contributed by atoms with van der Waals surface area (Å²) in [5.41, 5.74) is 2.40. The van der Waals surface area contributed by atoms with Gasteiger partial charge < -0.3 is 10.1 Å². The number of imidazole rings is 1. The highest BCUT2D eigenvalue weighted by Gasteiger charge is 2.12. The largest absolute Gasteiger partial charge is 0.494 e. The highest BCUT2D eigenvalue weighted by Crippen LogP contribution is 2.21. The topological polar surface area (TPSA) is 118 Å². The van der Waals surface area contributed by atoms with Crippen LogP contribution < -0.4 is 5.56 Å². The molecule has 0 bridgehead atoms. The Morgan fingerprint density at radius 1 is 1.35 bits per heavy atom. The number of hydrogen-bond acceptors (Lipinski definition) is 5. The second-order valence-electron chi connectivity index (χ2n) is 5.11. The van der Waals surface area contributed by atoms with Gasteiger partial charge in [-0.25, -0.2) is 4.98 Å². The van der Waals surface area contributed by atoms with Gasteiger partial charge in [0, 0.05) is 6.21 Å². The lowest BCUT2D eigenvalue weighted by molar-refractivity contribution is 0.450. The minimum absolute atomic E-state index is 0.0381. The normalized spacial score (nSPS) is 11.2. The fourth-order valence-electron chi connectivity index (χ4n) is 2.36. The number of H-pyrrole nitrogens is 2. The predicted molar refractivity (Wildman–Crippen MR) is 86.3 cm³/mol. The fraction of sp³-hybridized carbons (Fsp3) is 0.125. The van der Waals surface area contributed by atoms with E-state index in [4.69, 9.17) is 5.26 Å². The third-order valence-electron chi connectivity index (χ3n) is 3.53. The highest BCUT2D eigenvalue weighted by molar-refractivity contribution is 5.88. The first-order valence-corrected chi connectivity index (χ1v) is 6.86. The predicted octanol–water partition coefficient (Wildman–Crippen LogP) is 2.20. The Hall–Kier alpha value is -3.40. The van der Waals surface area contributed by atoms with Crippen LogP contribution in [0.5, 0.6) is 5.88 Å². The van der Waals surface area contributed by atoms with Crippen LogP contribution in [-0.4, -0.2) is 26.3 Å². The number of pyridine rings is 1. The Balaban J connectivity index is 2.05. The van der Waals surface area contributed by atoms with Crippen molar-refractivity contribution in [3.63, 3.8) is 0 Å². The van der Waals surface area contributed by atoms with Crippen molar-refractivity contribution < 1.29 is 5.11 Å². The van der Waals surface area contributed by atoms with E-state index in [0.717, 1.165) is 16.9 Å². The second kappa shape index (κ2) is 5.42. The van der Waals surface area contributed by atoms with Crippen LogP contribution in [-0.2, 0) is 0 Å². The SMILES string of the molecule is Cc1nc2ccc(N=Cc3c(O)[nH]c(=O)c(C#N)c3C)cc2[nH]1. The molecule has 0 aliphatic rings. The van der Waals surface area contributed by atoms with E-state index in [1.807, 2.05) is 25.1 Å². The lowest BCUT2D eigenvalue weighted by atomic mass is 10.1. The van der Waals surface area contributed by atoms with Crippen molar-refractivity contribution in [2.75, 3.05) is 0 Å². The van der Waals surface area contributed by atoms with Crippen LogP contribution in [0, 0.1) is 25.2 Å². The maximum atomic E-state index is 11.6. The van der Waals surface area contributed by atoms with Gasteiger partial charge in [0.2, 0.25) is 5.88 Å². The molecule has 23 heavy (non-hydrogen) atoms. The number of nitriles is 1. The summed E-state index contributed by atoms with van der Waals surface area (Å²) in [6.45, 7) is 3.46. The number of nitrogens with one attached hydrogen (secondary N) is 2. The number of aromatic hydroxyl groups is 1. The van der Waals surface area contributed by atoms with Crippen LogP contribution in [0.25, 0.3) is 11.0 Å². The number of aryl methyl sites for hydroxylation is 1. The molecule has 2 heterocycles. The van der Waals surface area contributed by atoms with Gasteiger partial charge in [-0.2, -0.15) is 5.26 Å². The van der Waals surface area contributed by atoms with E-state index in [0.29, 0.717) is 16.8 Å². The molecule has 0 fully saturated rings. The summed E-state index contributed by atoms with van der Waals surface area (Å²) >= 11 is 0. The molecule has 0 saturated heterocycles. The second-order valence-corrected chi connectivity index (χ2v) is 5.11. The summed E-state index contributed by atoms with van der Waals surface area (Å²) < 4.78 is 0. The molecule has 0 saturated carbocycles. The number of aliphatic imine (C=N–C) groups is 1. The van der Waals surface area contributed by atoms with Crippen LogP contribution in [0.2, 0.25) is 0 Å². The van der Waals surface area contributed by atoms with E-state index >= 15 is 0 Å². The van der Waals surface area contributed by atoms with Gasteiger partial charge in [-0.15, -0.1) is 0 Å². The minimum Gasteiger partial charge on any atom is -0.494 e. The maximum Gasteiger partial charge on any atom is 0.268 e. The summed E-state index contributed by atoms with van der Waals surface area (Å²) in [5.74, 6) is 0.502. The van der Waals surface area contributed by atoms with Crippen LogP contribution in [0.3, 0.4) is 0 Å². The number of aromatic nitrogens is 3. The molecule has 0 radical (unpaired) electrons. The smallest absolute Gasteiger partial charge is 0.268 e. The van der Waals surface area contributed by atoms with Gasteiger partial charge in [-0.1, -0.05) is 0 Å². The van der Waals surface area contributed by atoms with Crippen molar-refractivity contribution in [2.45, 2.75) is 13.8 Å². The summed E-state index contributed by atoms with van der Waals surface area (Å²) in [7, 11) is 0. The first kappa shape index (κ1) is 14.5. The van der Waals surface area contributed by atoms with Gasteiger partial charge >= 0.3 is 0 Å². The highest BCUT2D eigenvalue weighted by atomic mass is 16.3. The number of fused-ring (bicyclic) bond motifs is 1. The number of hydrogen-bond donors (Lipinski definition) is 3. The van der Waals surface area contributed by atoms with Gasteiger partial charge in [0.25, 0.3) is 5.56 Å². The zero-order valence-corrected chi connectivity index (χ0v) is 12.5. The molecule has 3 rings (SSSR count). The Morgan fingerprint density at radius 2 is 2.13 bits per heavy atom. The molecule has 0 unspecified atom stereocenters. The molecule has 0 aliphatic carbocycles. The van der Waals surface area contributed by atoms with E-state index in [1.165, 1.54) is 6.21 Å². The minimum atomic E-state index is -0.617. The van der Waals surface area contributed by atoms with E-state index < -0.39 is 5.56 Å². The average molecular weight is 307 g/mol. The maximum absolute atomic E-state index is 11.6. The Labute approximate surface area is 131 Å². The standard InChI is InChI=1S/C16H13N5O2/c1-8-11(6-17)15(22)21-16(23)12(8)7-18-10-3-4-13-14(5-10)20-9(2)19-13/h3-5,7H,1-2H3,(H,19,20)(H2,21,22,23). The Morgan fingerprint density at radius 3 is 2.87 bits per heavy atom. The third kappa shape index (κ3) is 2.58. The molecule has 0 amide bonds. The van der Waals surface area contributed by atoms with Crippen LogP contribution >= 0.6 is 0 Å². The molecule has 1 aromatic carbocycles. The lowest BCUT2D eigenvalue weighted by Gasteiger charge is -2.04. The van der Waals surface area contributed by atoms with Gasteiger partial charge in [0.05, 0.1) is 22.3 Å². The van der Waals surface area contributed by atoms with Crippen LogP contribution in [0.1, 0.15) is 22.5 Å². The average Bonchev–Trinajstić information content (AvgIpc) is 2.86. The van der Waals surface area contributed by atoms with Crippen LogP contribution in [0.4, 0.5) is 5.69 Å². The summed E-state index contributed by atoms with van der Waals surface area (Å²) in [4.78, 5) is 25.5. The van der Waals surface area contributed by atoms with Gasteiger partial charge in [0.1, 0.15) is 17.5 Å². The van der Waals surface area contributed by atoms with Gasteiger partial charge in [-0.05, 0) is 37.6 Å². The number of rotatable bonds is 2. The summed E-state index contributed by atoms with van der Waals surface area (Å²) in [6.07, 6.45) is 1.42. The van der Waals surface area contributed by atoms with Gasteiger partial charge in [0.15, 0.2) is 0 Å². The van der Waals surface area contributed by atoms with Crippen LogP contribution in [0.15, 0.2) is 28.0 Å². The molecule has 3 aromatic rings. The zero-order chi connectivity index (χ0) is 16.6. The molecular weight excluding hydrogens is 294 g/mol. The van der Waals surface area contributed by atoms with E-state index in [1.54, 1.807) is 13.0 Å². The van der Waals surface area contributed by atoms with Crippen molar-refractivity contribution >= 4 is 22.9 Å². The Bertz CT molecular complexity index is 1040. The Kier molecular flexibility index (Phi) is 3.43. The molecular formula is C16H13N5O2. The van der Waals surface area contributed by atoms with E-state index in [2.05, 4.69) is 19.9 Å².